The minimum atomic E-state index is 0.699. The molecule has 3 aromatic carbocycles. The molecule has 0 N–H and O–H groups in total. The van der Waals surface area contributed by atoms with Crippen LogP contribution in [0, 0.1) is 11.3 Å². The van der Waals surface area contributed by atoms with Crippen molar-refractivity contribution in [2.75, 3.05) is 6.54 Å². The van der Waals surface area contributed by atoms with Crippen LogP contribution in [0.15, 0.2) is 60.7 Å². The summed E-state index contributed by atoms with van der Waals surface area (Å²) >= 11 is 0. The van der Waals surface area contributed by atoms with Gasteiger partial charge < -0.3 is 0 Å². The number of rotatable bonds is 3. The van der Waals surface area contributed by atoms with Gasteiger partial charge in [-0.3, -0.25) is 4.90 Å². The number of hydrogen-bond acceptors (Lipinski definition) is 2. The summed E-state index contributed by atoms with van der Waals surface area (Å²) in [5, 5.41) is 11.5. The van der Waals surface area contributed by atoms with E-state index in [4.69, 9.17) is 5.26 Å². The van der Waals surface area contributed by atoms with Crippen LogP contribution >= 0.6 is 0 Å². The van der Waals surface area contributed by atoms with Crippen molar-refractivity contribution in [3.8, 4) is 17.2 Å². The molecule has 3 aromatic rings. The second kappa shape index (κ2) is 6.70. The first-order valence-corrected chi connectivity index (χ1v) is 9.00. The fourth-order valence-corrected chi connectivity index (χ4v) is 3.77. The quantitative estimate of drug-likeness (QED) is 0.647. The molecule has 1 aliphatic heterocycles. The van der Waals surface area contributed by atoms with Crippen LogP contribution in [0.25, 0.3) is 21.9 Å². The third-order valence-electron chi connectivity index (χ3n) is 5.33. The predicted octanol–water partition coefficient (Wildman–Crippen LogP) is 5.36. The fraction of sp³-hybridized carbons (Fsp3) is 0.261. The maximum Gasteiger partial charge on any atom is 0.0991 e. The van der Waals surface area contributed by atoms with Crippen LogP contribution in [0.4, 0.5) is 0 Å². The van der Waals surface area contributed by atoms with Crippen LogP contribution < -0.4 is 0 Å². The van der Waals surface area contributed by atoms with Gasteiger partial charge in [0.25, 0.3) is 0 Å². The van der Waals surface area contributed by atoms with Crippen molar-refractivity contribution in [3.63, 3.8) is 0 Å². The van der Waals surface area contributed by atoms with Gasteiger partial charge in [-0.2, -0.15) is 5.26 Å². The van der Waals surface area contributed by atoms with Crippen LogP contribution in [0.1, 0.15) is 30.9 Å². The summed E-state index contributed by atoms with van der Waals surface area (Å²) in [6.07, 6.45) is 2.64. The molecular weight excluding hydrogens is 304 g/mol. The molecule has 0 aromatic heterocycles. The zero-order valence-electron chi connectivity index (χ0n) is 14.6. The first-order valence-electron chi connectivity index (χ1n) is 9.00. The number of hydrogen-bond donors (Lipinski definition) is 0. The third kappa shape index (κ3) is 3.29. The van der Waals surface area contributed by atoms with E-state index in [1.807, 2.05) is 24.3 Å². The molecule has 25 heavy (non-hydrogen) atoms. The van der Waals surface area contributed by atoms with Crippen molar-refractivity contribution in [2.45, 2.75) is 32.4 Å². The first kappa shape index (κ1) is 15.9. The van der Waals surface area contributed by atoms with Crippen molar-refractivity contribution in [1.82, 2.24) is 4.90 Å². The lowest BCUT2D eigenvalue weighted by molar-refractivity contribution is 0.260. The molecule has 0 aliphatic carbocycles. The van der Waals surface area contributed by atoms with Crippen molar-refractivity contribution in [2.24, 2.45) is 0 Å². The van der Waals surface area contributed by atoms with E-state index >= 15 is 0 Å². The van der Waals surface area contributed by atoms with Crippen LogP contribution in [-0.4, -0.2) is 17.5 Å². The Morgan fingerprint density at radius 1 is 0.960 bits per heavy atom. The van der Waals surface area contributed by atoms with Crippen molar-refractivity contribution in [3.05, 3.63) is 71.8 Å². The van der Waals surface area contributed by atoms with E-state index in [9.17, 15) is 0 Å². The molecule has 0 radical (unpaired) electrons. The normalized spacial score (nSPS) is 17.7. The standard InChI is InChI=1S/C23H22N2/c1-17-3-2-12-25(17)16-19-6-9-23-14-22(11-10-21(23)13-19)20-7-4-18(15-24)5-8-20/h4-11,13-14,17H,2-3,12,16H2,1H3/t17-/m1/s1. The third-order valence-corrected chi connectivity index (χ3v) is 5.33. The number of benzene rings is 3. The molecule has 1 atom stereocenters. The van der Waals surface area contributed by atoms with Crippen LogP contribution in [0.5, 0.6) is 0 Å². The molecule has 0 amide bonds. The maximum absolute atomic E-state index is 8.93. The van der Waals surface area contributed by atoms with E-state index in [0.29, 0.717) is 11.6 Å². The first-order chi connectivity index (χ1) is 12.2. The number of nitrogens with zero attached hydrogens (tertiary/aromatic N) is 2. The molecule has 124 valence electrons. The minimum Gasteiger partial charge on any atom is -0.296 e. The van der Waals surface area contributed by atoms with Gasteiger partial charge in [-0.15, -0.1) is 0 Å². The van der Waals surface area contributed by atoms with Gasteiger partial charge in [-0.1, -0.05) is 36.4 Å². The van der Waals surface area contributed by atoms with Gasteiger partial charge in [0.1, 0.15) is 0 Å². The molecule has 1 heterocycles. The highest BCUT2D eigenvalue weighted by Crippen LogP contribution is 2.27. The highest BCUT2D eigenvalue weighted by Gasteiger charge is 2.19. The minimum absolute atomic E-state index is 0.699. The molecule has 2 nitrogen and oxygen atoms in total. The summed E-state index contributed by atoms with van der Waals surface area (Å²) in [5.74, 6) is 0. The smallest absolute Gasteiger partial charge is 0.0991 e. The number of likely N-dealkylation sites (tertiary alicyclic amines) is 1. The van der Waals surface area contributed by atoms with Gasteiger partial charge in [0.15, 0.2) is 0 Å². The van der Waals surface area contributed by atoms with E-state index in [2.05, 4.69) is 54.3 Å². The average molecular weight is 326 g/mol. The van der Waals surface area contributed by atoms with E-state index in [1.54, 1.807) is 0 Å². The predicted molar refractivity (Wildman–Crippen MR) is 103 cm³/mol. The average Bonchev–Trinajstić information content (AvgIpc) is 3.06. The van der Waals surface area contributed by atoms with Crippen LogP contribution in [0.2, 0.25) is 0 Å². The van der Waals surface area contributed by atoms with E-state index < -0.39 is 0 Å². The van der Waals surface area contributed by atoms with Gasteiger partial charge in [0.05, 0.1) is 11.6 Å². The topological polar surface area (TPSA) is 27.0 Å². The highest BCUT2D eigenvalue weighted by molar-refractivity contribution is 5.87. The fourth-order valence-electron chi connectivity index (χ4n) is 3.77. The Kier molecular flexibility index (Phi) is 4.26. The van der Waals surface area contributed by atoms with Crippen molar-refractivity contribution < 1.29 is 0 Å². The summed E-state index contributed by atoms with van der Waals surface area (Å²) in [6.45, 7) is 4.60. The van der Waals surface area contributed by atoms with Crippen LogP contribution in [0.3, 0.4) is 0 Å². The lowest BCUT2D eigenvalue weighted by Crippen LogP contribution is -2.26. The summed E-state index contributed by atoms with van der Waals surface area (Å²) in [5.41, 5.74) is 4.44. The van der Waals surface area contributed by atoms with E-state index in [1.165, 1.54) is 41.3 Å². The SMILES string of the molecule is C[C@@H]1CCCN1Cc1ccc2cc(-c3ccc(C#N)cc3)ccc2c1. The van der Waals surface area contributed by atoms with Gasteiger partial charge in [0, 0.05) is 12.6 Å². The van der Waals surface area contributed by atoms with Crippen molar-refractivity contribution in [1.29, 1.82) is 5.26 Å². The van der Waals surface area contributed by atoms with Crippen LogP contribution in [-0.2, 0) is 6.54 Å². The summed E-state index contributed by atoms with van der Waals surface area (Å²) in [6, 6.07) is 24.1. The Hall–Kier alpha value is -2.63. The molecule has 0 unspecified atom stereocenters. The molecule has 1 fully saturated rings. The molecule has 0 saturated carbocycles. The van der Waals surface area contributed by atoms with Gasteiger partial charge in [-0.25, -0.2) is 0 Å². The lowest BCUT2D eigenvalue weighted by atomic mass is 9.99. The Morgan fingerprint density at radius 2 is 1.68 bits per heavy atom. The van der Waals surface area contributed by atoms with Gasteiger partial charge >= 0.3 is 0 Å². The Balaban J connectivity index is 1.61. The van der Waals surface area contributed by atoms with E-state index in [0.717, 1.165) is 12.1 Å². The molecule has 4 rings (SSSR count). The Morgan fingerprint density at radius 3 is 2.40 bits per heavy atom. The van der Waals surface area contributed by atoms with Gasteiger partial charge in [0.2, 0.25) is 0 Å². The molecule has 0 spiro atoms. The number of nitriles is 1. The van der Waals surface area contributed by atoms with Gasteiger partial charge in [-0.05, 0) is 78.0 Å². The second-order valence-electron chi connectivity index (χ2n) is 7.05. The van der Waals surface area contributed by atoms with Crippen molar-refractivity contribution >= 4 is 10.8 Å². The molecule has 2 heteroatoms. The summed E-state index contributed by atoms with van der Waals surface area (Å²) < 4.78 is 0. The zero-order valence-corrected chi connectivity index (χ0v) is 14.6. The Bertz CT molecular complexity index is 934. The molecule has 0 bridgehead atoms. The molecule has 1 aliphatic rings. The largest absolute Gasteiger partial charge is 0.296 e. The Labute approximate surface area is 149 Å². The molecule has 1 saturated heterocycles. The summed E-state index contributed by atoms with van der Waals surface area (Å²) in [4.78, 5) is 2.58. The zero-order chi connectivity index (χ0) is 17.2. The maximum atomic E-state index is 8.93. The van der Waals surface area contributed by atoms with E-state index in [-0.39, 0.29) is 0 Å². The summed E-state index contributed by atoms with van der Waals surface area (Å²) in [7, 11) is 0. The molecular formula is C23H22N2. The highest BCUT2D eigenvalue weighted by atomic mass is 15.2. The lowest BCUT2D eigenvalue weighted by Gasteiger charge is -2.21. The second-order valence-corrected chi connectivity index (χ2v) is 7.05. The monoisotopic (exact) mass is 326 g/mol. The number of fused-ring (bicyclic) bond motifs is 1.